The molecule has 2 heterocycles. The third-order valence-electron chi connectivity index (χ3n) is 5.90. The Bertz CT molecular complexity index is 913. The minimum absolute atomic E-state index is 0.0246. The molecule has 2 aliphatic heterocycles. The lowest BCUT2D eigenvalue weighted by atomic mass is 9.97. The molecule has 0 bridgehead atoms. The first kappa shape index (κ1) is 20.6. The Labute approximate surface area is 175 Å². The first-order chi connectivity index (χ1) is 14.5. The fourth-order valence-electron chi connectivity index (χ4n) is 4.25. The van der Waals surface area contributed by atoms with E-state index >= 15 is 0 Å². The molecule has 0 radical (unpaired) electrons. The molecule has 1 saturated heterocycles. The maximum atomic E-state index is 13.0. The van der Waals surface area contributed by atoms with Gasteiger partial charge in [-0.15, -0.1) is 0 Å². The number of nitrogens with zero attached hydrogens (tertiary/aromatic N) is 1. The smallest absolute Gasteiger partial charge is 0.387 e. The summed E-state index contributed by atoms with van der Waals surface area (Å²) in [6.45, 7) is -1.55. The van der Waals surface area contributed by atoms with E-state index < -0.39 is 6.61 Å². The van der Waals surface area contributed by atoms with Crippen molar-refractivity contribution < 1.29 is 18.3 Å². The van der Waals surface area contributed by atoms with Crippen LogP contribution in [0.3, 0.4) is 0 Å². The van der Waals surface area contributed by atoms with Crippen molar-refractivity contribution in [2.75, 3.05) is 23.8 Å². The van der Waals surface area contributed by atoms with Gasteiger partial charge >= 0.3 is 6.61 Å². The van der Waals surface area contributed by atoms with Crippen LogP contribution >= 0.6 is 0 Å². The summed E-state index contributed by atoms with van der Waals surface area (Å²) in [6.07, 6.45) is 4.43. The van der Waals surface area contributed by atoms with E-state index in [1.54, 1.807) is 24.1 Å². The van der Waals surface area contributed by atoms with Crippen molar-refractivity contribution in [1.29, 1.82) is 0 Å². The largest absolute Gasteiger partial charge is 0.434 e. The SMILES string of the molecule is CN1C(=O)CCc2cc(OC(F)F)c(CNc3cccc([C@@H]4CCCCN4)c3)cc21. The Morgan fingerprint density at radius 1 is 1.23 bits per heavy atom. The highest BCUT2D eigenvalue weighted by molar-refractivity contribution is 5.96. The van der Waals surface area contributed by atoms with Gasteiger partial charge in [0.05, 0.1) is 0 Å². The second-order valence-electron chi connectivity index (χ2n) is 7.90. The van der Waals surface area contributed by atoms with Crippen LogP contribution in [0.25, 0.3) is 0 Å². The summed E-state index contributed by atoms with van der Waals surface area (Å²) >= 11 is 0. The monoisotopic (exact) mass is 415 g/mol. The summed E-state index contributed by atoms with van der Waals surface area (Å²) in [4.78, 5) is 13.6. The van der Waals surface area contributed by atoms with Gasteiger partial charge < -0.3 is 20.3 Å². The average molecular weight is 415 g/mol. The summed E-state index contributed by atoms with van der Waals surface area (Å²) in [7, 11) is 1.71. The van der Waals surface area contributed by atoms with E-state index in [2.05, 4.69) is 22.8 Å². The van der Waals surface area contributed by atoms with Gasteiger partial charge in [-0.05, 0) is 61.2 Å². The predicted octanol–water partition coefficient (Wildman–Crippen LogP) is 4.62. The standard InChI is InChI=1S/C23H27F2N3O2/c1-28-20-12-17(21(30-23(24)25)13-16(20)8-9-22(28)29)14-27-18-6-4-5-15(11-18)19-7-2-3-10-26-19/h4-6,11-13,19,23,26-27H,2-3,7-10,14H2,1H3/t19-/m0/s1. The molecule has 1 fully saturated rings. The number of benzene rings is 2. The van der Waals surface area contributed by atoms with Crippen molar-refractivity contribution in [2.24, 2.45) is 0 Å². The van der Waals surface area contributed by atoms with Crippen molar-refractivity contribution in [3.8, 4) is 5.75 Å². The lowest BCUT2D eigenvalue weighted by molar-refractivity contribution is -0.118. The van der Waals surface area contributed by atoms with E-state index in [1.165, 1.54) is 18.4 Å². The van der Waals surface area contributed by atoms with Gasteiger partial charge in [0.2, 0.25) is 5.91 Å². The normalized spacial score (nSPS) is 19.0. The van der Waals surface area contributed by atoms with Crippen LogP contribution in [-0.4, -0.2) is 26.1 Å². The maximum absolute atomic E-state index is 13.0. The van der Waals surface area contributed by atoms with Crippen LogP contribution in [0.2, 0.25) is 0 Å². The topological polar surface area (TPSA) is 53.6 Å². The lowest BCUT2D eigenvalue weighted by Crippen LogP contribution is -2.31. The molecule has 5 nitrogen and oxygen atoms in total. The molecule has 0 unspecified atom stereocenters. The van der Waals surface area contributed by atoms with E-state index in [0.29, 0.717) is 31.0 Å². The third-order valence-corrected chi connectivity index (χ3v) is 5.90. The Kier molecular flexibility index (Phi) is 6.18. The lowest BCUT2D eigenvalue weighted by Gasteiger charge is -2.27. The number of aryl methyl sites for hydroxylation is 1. The average Bonchev–Trinajstić information content (AvgIpc) is 2.76. The number of amides is 1. The molecule has 4 rings (SSSR count). The highest BCUT2D eigenvalue weighted by Gasteiger charge is 2.24. The highest BCUT2D eigenvalue weighted by Crippen LogP contribution is 2.35. The number of carbonyl (C=O) groups excluding carboxylic acids is 1. The molecule has 2 N–H and O–H groups in total. The first-order valence-corrected chi connectivity index (χ1v) is 10.5. The number of fused-ring (bicyclic) bond motifs is 1. The van der Waals surface area contributed by atoms with Gasteiger partial charge in [0, 0.05) is 43.0 Å². The summed E-state index contributed by atoms with van der Waals surface area (Å²) in [5.41, 5.74) is 4.34. The summed E-state index contributed by atoms with van der Waals surface area (Å²) in [5, 5.41) is 6.87. The minimum atomic E-state index is -2.90. The van der Waals surface area contributed by atoms with Crippen LogP contribution in [0.4, 0.5) is 20.2 Å². The van der Waals surface area contributed by atoms with Crippen molar-refractivity contribution in [1.82, 2.24) is 5.32 Å². The van der Waals surface area contributed by atoms with Crippen LogP contribution in [0.15, 0.2) is 36.4 Å². The number of nitrogens with one attached hydrogen (secondary N) is 2. The molecule has 30 heavy (non-hydrogen) atoms. The van der Waals surface area contributed by atoms with E-state index in [-0.39, 0.29) is 11.7 Å². The zero-order chi connectivity index (χ0) is 21.1. The molecule has 1 atom stereocenters. The molecule has 0 saturated carbocycles. The van der Waals surface area contributed by atoms with Crippen LogP contribution in [0, 0.1) is 0 Å². The fraction of sp³-hybridized carbons (Fsp3) is 0.435. The van der Waals surface area contributed by atoms with E-state index in [0.717, 1.165) is 29.9 Å². The van der Waals surface area contributed by atoms with Gasteiger partial charge in [-0.3, -0.25) is 4.79 Å². The second kappa shape index (κ2) is 9.00. The molecule has 2 aliphatic rings. The van der Waals surface area contributed by atoms with Gasteiger partial charge in [0.1, 0.15) is 5.75 Å². The number of hydrogen-bond donors (Lipinski definition) is 2. The Hall–Kier alpha value is -2.67. The van der Waals surface area contributed by atoms with Gasteiger partial charge in [0.25, 0.3) is 0 Å². The summed E-state index contributed by atoms with van der Waals surface area (Å²) in [5.74, 6) is 0.181. The predicted molar refractivity (Wildman–Crippen MR) is 113 cm³/mol. The number of rotatable bonds is 6. The van der Waals surface area contributed by atoms with Gasteiger partial charge in [-0.25, -0.2) is 0 Å². The highest BCUT2D eigenvalue weighted by atomic mass is 19.3. The zero-order valence-corrected chi connectivity index (χ0v) is 17.1. The molecule has 160 valence electrons. The van der Waals surface area contributed by atoms with E-state index in [4.69, 9.17) is 4.74 Å². The molecule has 1 amide bonds. The second-order valence-corrected chi connectivity index (χ2v) is 7.90. The Morgan fingerprint density at radius 3 is 2.87 bits per heavy atom. The molecule has 2 aromatic carbocycles. The van der Waals surface area contributed by atoms with E-state index in [1.807, 2.05) is 12.1 Å². The summed E-state index contributed by atoms with van der Waals surface area (Å²) < 4.78 is 30.8. The first-order valence-electron chi connectivity index (χ1n) is 10.5. The molecule has 7 heteroatoms. The molecule has 2 aromatic rings. The number of hydrogen-bond acceptors (Lipinski definition) is 4. The van der Waals surface area contributed by atoms with Crippen molar-refractivity contribution in [2.45, 2.75) is 51.3 Å². The van der Waals surface area contributed by atoms with E-state index in [9.17, 15) is 13.6 Å². The number of anilines is 2. The number of alkyl halides is 2. The van der Waals surface area contributed by atoms with Crippen molar-refractivity contribution in [3.63, 3.8) is 0 Å². The van der Waals surface area contributed by atoms with Crippen molar-refractivity contribution in [3.05, 3.63) is 53.1 Å². The Morgan fingerprint density at radius 2 is 2.10 bits per heavy atom. The molecule has 0 aliphatic carbocycles. The molecule has 0 aromatic heterocycles. The van der Waals surface area contributed by atoms with Crippen molar-refractivity contribution >= 4 is 17.3 Å². The molecule has 0 spiro atoms. The third kappa shape index (κ3) is 4.56. The van der Waals surface area contributed by atoms with Gasteiger partial charge in [-0.2, -0.15) is 8.78 Å². The number of carbonyl (C=O) groups is 1. The fourth-order valence-corrected chi connectivity index (χ4v) is 4.25. The van der Waals surface area contributed by atoms with Crippen LogP contribution < -0.4 is 20.3 Å². The number of piperidine rings is 1. The zero-order valence-electron chi connectivity index (χ0n) is 17.1. The van der Waals surface area contributed by atoms with Gasteiger partial charge in [0.15, 0.2) is 0 Å². The van der Waals surface area contributed by atoms with Gasteiger partial charge in [-0.1, -0.05) is 18.6 Å². The van der Waals surface area contributed by atoms with Crippen LogP contribution in [-0.2, 0) is 17.8 Å². The maximum Gasteiger partial charge on any atom is 0.387 e. The van der Waals surface area contributed by atoms with Crippen LogP contribution in [0.1, 0.15) is 48.4 Å². The number of ether oxygens (including phenoxy) is 1. The molecular weight excluding hydrogens is 388 g/mol. The quantitative estimate of drug-likeness (QED) is 0.723. The van der Waals surface area contributed by atoms with Crippen LogP contribution in [0.5, 0.6) is 5.75 Å². The minimum Gasteiger partial charge on any atom is -0.434 e. The Balaban J connectivity index is 1.55. The molecular formula is C23H27F2N3O2. The summed E-state index contributed by atoms with van der Waals surface area (Å²) in [6, 6.07) is 12.0. The number of halogens is 2.